The fourth-order valence-electron chi connectivity index (χ4n) is 3.92. The molecule has 2 atom stereocenters. The lowest BCUT2D eigenvalue weighted by molar-refractivity contribution is -0.0248. The number of benzene rings is 1. The summed E-state index contributed by atoms with van der Waals surface area (Å²) < 4.78 is 18.8. The zero-order valence-corrected chi connectivity index (χ0v) is 15.9. The largest absolute Gasteiger partial charge is 0.444 e. The van der Waals surface area contributed by atoms with Gasteiger partial charge < -0.3 is 9.64 Å². The summed E-state index contributed by atoms with van der Waals surface area (Å²) in [6, 6.07) is 7.21. The monoisotopic (exact) mass is 348 g/mol. The smallest absolute Gasteiger partial charge is 0.410 e. The first-order valence-corrected chi connectivity index (χ1v) is 9.15. The molecule has 5 heteroatoms. The van der Waals surface area contributed by atoms with Gasteiger partial charge in [0.15, 0.2) is 0 Å². The molecule has 1 aliphatic carbocycles. The Morgan fingerprint density at radius 1 is 1.12 bits per heavy atom. The van der Waals surface area contributed by atoms with E-state index < -0.39 is 5.60 Å². The predicted molar refractivity (Wildman–Crippen MR) is 95.9 cm³/mol. The predicted octanol–water partition coefficient (Wildman–Crippen LogP) is 4.14. The van der Waals surface area contributed by atoms with Crippen LogP contribution in [0.25, 0.3) is 0 Å². The number of hydrogen-bond acceptors (Lipinski definition) is 3. The van der Waals surface area contributed by atoms with Gasteiger partial charge in [-0.25, -0.2) is 9.18 Å². The number of ether oxygens (including phenoxy) is 1. The summed E-state index contributed by atoms with van der Waals surface area (Å²) in [5.74, 6) is -0.198. The van der Waals surface area contributed by atoms with Gasteiger partial charge in [-0.05, 0) is 65.2 Å². The van der Waals surface area contributed by atoms with Crippen molar-refractivity contribution in [3.63, 3.8) is 0 Å². The molecular formula is C20H29FN2O2. The average molecular weight is 348 g/mol. The maximum absolute atomic E-state index is 13.3. The number of carbonyl (C=O) groups excluding carboxylic acids is 1. The molecule has 25 heavy (non-hydrogen) atoms. The minimum absolute atomic E-state index is 0.00139. The zero-order chi connectivity index (χ0) is 18.4. The van der Waals surface area contributed by atoms with E-state index in [1.54, 1.807) is 12.1 Å². The quantitative estimate of drug-likeness (QED) is 0.805. The van der Waals surface area contributed by atoms with Gasteiger partial charge in [0.25, 0.3) is 0 Å². The van der Waals surface area contributed by atoms with Crippen LogP contribution in [0.5, 0.6) is 0 Å². The summed E-state index contributed by atoms with van der Waals surface area (Å²) >= 11 is 0. The van der Waals surface area contributed by atoms with Crippen molar-refractivity contribution < 1.29 is 13.9 Å². The van der Waals surface area contributed by atoms with E-state index in [0.717, 1.165) is 19.4 Å². The zero-order valence-electron chi connectivity index (χ0n) is 15.9. The van der Waals surface area contributed by atoms with Crippen molar-refractivity contribution in [2.45, 2.75) is 70.7 Å². The second-order valence-electron chi connectivity index (χ2n) is 8.52. The first-order valence-electron chi connectivity index (χ1n) is 9.15. The molecule has 3 rings (SSSR count). The van der Waals surface area contributed by atoms with Gasteiger partial charge in [-0.15, -0.1) is 0 Å². The van der Waals surface area contributed by atoms with Gasteiger partial charge in [0, 0.05) is 30.7 Å². The topological polar surface area (TPSA) is 32.8 Å². The van der Waals surface area contributed by atoms with Crippen molar-refractivity contribution in [2.75, 3.05) is 13.1 Å². The fraction of sp³-hybridized carbons (Fsp3) is 0.650. The third-order valence-corrected chi connectivity index (χ3v) is 5.27. The van der Waals surface area contributed by atoms with Gasteiger partial charge in [0.1, 0.15) is 11.4 Å². The van der Waals surface area contributed by atoms with E-state index in [1.165, 1.54) is 5.56 Å². The van der Waals surface area contributed by atoms with Crippen LogP contribution in [0, 0.1) is 5.82 Å². The Bertz CT molecular complexity index is 634. The number of piperazine rings is 1. The molecule has 4 nitrogen and oxygen atoms in total. The molecule has 1 amide bonds. The molecule has 2 aliphatic rings. The average Bonchev–Trinajstić information content (AvgIpc) is 3.29. The molecule has 138 valence electrons. The van der Waals surface area contributed by atoms with Crippen molar-refractivity contribution >= 4 is 6.09 Å². The minimum atomic E-state index is -0.483. The van der Waals surface area contributed by atoms with Crippen LogP contribution < -0.4 is 0 Å². The van der Waals surface area contributed by atoms with Gasteiger partial charge in [0.2, 0.25) is 0 Å². The fourth-order valence-corrected chi connectivity index (χ4v) is 3.92. The van der Waals surface area contributed by atoms with Crippen molar-refractivity contribution in [3.8, 4) is 0 Å². The Labute approximate surface area is 149 Å². The van der Waals surface area contributed by atoms with Gasteiger partial charge >= 0.3 is 6.09 Å². The van der Waals surface area contributed by atoms with Gasteiger partial charge in [-0.1, -0.05) is 12.1 Å². The van der Waals surface area contributed by atoms with Crippen LogP contribution in [0.1, 0.15) is 53.0 Å². The molecule has 1 aromatic rings. The van der Waals surface area contributed by atoms with Crippen molar-refractivity contribution in [1.29, 1.82) is 0 Å². The van der Waals surface area contributed by atoms with Gasteiger partial charge in [-0.2, -0.15) is 0 Å². The van der Waals surface area contributed by atoms with Crippen LogP contribution in [0.15, 0.2) is 24.3 Å². The normalized spacial score (nSPS) is 26.4. The second-order valence-corrected chi connectivity index (χ2v) is 8.52. The Hall–Kier alpha value is -1.62. The summed E-state index contributed by atoms with van der Waals surface area (Å²) in [7, 11) is 0. The van der Waals surface area contributed by atoms with E-state index in [0.29, 0.717) is 6.54 Å². The summed E-state index contributed by atoms with van der Waals surface area (Å²) in [5.41, 5.74) is 0.698. The van der Waals surface area contributed by atoms with E-state index >= 15 is 0 Å². The summed E-state index contributed by atoms with van der Waals surface area (Å²) in [4.78, 5) is 16.8. The Morgan fingerprint density at radius 2 is 1.72 bits per heavy atom. The van der Waals surface area contributed by atoms with E-state index in [1.807, 2.05) is 37.8 Å². The molecule has 0 spiro atoms. The van der Waals surface area contributed by atoms with Crippen LogP contribution in [0.4, 0.5) is 9.18 Å². The lowest BCUT2D eigenvalue weighted by Crippen LogP contribution is -2.61. The van der Waals surface area contributed by atoms with Crippen LogP contribution in [0.2, 0.25) is 0 Å². The molecule has 1 aromatic carbocycles. The van der Waals surface area contributed by atoms with E-state index in [4.69, 9.17) is 4.74 Å². The van der Waals surface area contributed by atoms with E-state index in [-0.39, 0.29) is 29.5 Å². The number of carbonyl (C=O) groups is 1. The molecular weight excluding hydrogens is 319 g/mol. The third kappa shape index (κ3) is 3.66. The Balaban J connectivity index is 1.74. The molecule has 0 radical (unpaired) electrons. The van der Waals surface area contributed by atoms with E-state index in [9.17, 15) is 9.18 Å². The number of nitrogens with zero attached hydrogens (tertiary/aromatic N) is 2. The minimum Gasteiger partial charge on any atom is -0.444 e. The SMILES string of the molecule is C[C@@H]1CN(C(=O)OC(C)(C)C)[C@@H](C)CN1C1(c2ccc(F)cc2)CC1. The highest BCUT2D eigenvalue weighted by molar-refractivity contribution is 5.68. The van der Waals surface area contributed by atoms with Crippen LogP contribution >= 0.6 is 0 Å². The molecule has 0 N–H and O–H groups in total. The maximum atomic E-state index is 13.3. The number of amides is 1. The first-order chi connectivity index (χ1) is 11.6. The van der Waals surface area contributed by atoms with Crippen molar-refractivity contribution in [3.05, 3.63) is 35.6 Å². The van der Waals surface area contributed by atoms with Crippen molar-refractivity contribution in [1.82, 2.24) is 9.80 Å². The van der Waals surface area contributed by atoms with Crippen LogP contribution in [-0.2, 0) is 10.3 Å². The second kappa shape index (κ2) is 6.27. The molecule has 0 bridgehead atoms. The highest BCUT2D eigenvalue weighted by atomic mass is 19.1. The lowest BCUT2D eigenvalue weighted by atomic mass is 9.97. The molecule has 0 unspecified atom stereocenters. The first kappa shape index (κ1) is 18.2. The highest BCUT2D eigenvalue weighted by Gasteiger charge is 2.53. The summed E-state index contributed by atoms with van der Waals surface area (Å²) in [6.07, 6.45) is 1.93. The lowest BCUT2D eigenvalue weighted by Gasteiger charge is -2.48. The molecule has 2 fully saturated rings. The van der Waals surface area contributed by atoms with Crippen LogP contribution in [0.3, 0.4) is 0 Å². The third-order valence-electron chi connectivity index (χ3n) is 5.27. The van der Waals surface area contributed by atoms with Gasteiger partial charge in [0.05, 0.1) is 0 Å². The maximum Gasteiger partial charge on any atom is 0.410 e. The number of hydrogen-bond donors (Lipinski definition) is 0. The van der Waals surface area contributed by atoms with Gasteiger partial charge in [-0.3, -0.25) is 4.90 Å². The Kier molecular flexibility index (Phi) is 4.56. The molecule has 1 saturated heterocycles. The summed E-state index contributed by atoms with van der Waals surface area (Å²) in [6.45, 7) is 11.4. The molecule has 1 aliphatic heterocycles. The van der Waals surface area contributed by atoms with Crippen molar-refractivity contribution in [2.24, 2.45) is 0 Å². The molecule has 1 heterocycles. The standard InChI is InChI=1S/C20H29FN2O2/c1-14-13-23(15(2)12-22(14)18(24)25-19(3,4)5)20(10-11-20)16-6-8-17(21)9-7-16/h6-9,14-15H,10-13H2,1-5H3/t14-,15+/m0/s1. The molecule has 1 saturated carbocycles. The number of halogens is 1. The Morgan fingerprint density at radius 3 is 2.24 bits per heavy atom. The summed E-state index contributed by atoms with van der Waals surface area (Å²) in [5, 5.41) is 0. The number of rotatable bonds is 2. The van der Waals surface area contributed by atoms with E-state index in [2.05, 4.69) is 18.7 Å². The highest BCUT2D eigenvalue weighted by Crippen LogP contribution is 2.52. The molecule has 0 aromatic heterocycles. The van der Waals surface area contributed by atoms with Crippen LogP contribution in [-0.4, -0.2) is 46.7 Å².